The highest BCUT2D eigenvalue weighted by molar-refractivity contribution is 6.34. The van der Waals surface area contributed by atoms with Crippen LogP contribution in [0.5, 0.6) is 0 Å². The highest BCUT2D eigenvalue weighted by Crippen LogP contribution is 2.15. The maximum Gasteiger partial charge on any atom is 0.309 e. The molecule has 0 aliphatic rings. The molecule has 0 aliphatic carbocycles. The first kappa shape index (κ1) is 12.1. The largest absolute Gasteiger partial charge is 0.361 e. The number of amides is 2. The van der Waals surface area contributed by atoms with Gasteiger partial charge in [-0.15, -0.1) is 0 Å². The van der Waals surface area contributed by atoms with Crippen molar-refractivity contribution >= 4 is 22.6 Å². The van der Waals surface area contributed by atoms with Crippen molar-refractivity contribution in [1.82, 2.24) is 5.32 Å². The third-order valence-electron chi connectivity index (χ3n) is 2.74. The van der Waals surface area contributed by atoms with Gasteiger partial charge in [0.2, 0.25) is 0 Å². The zero-order chi connectivity index (χ0) is 13.0. The zero-order valence-electron chi connectivity index (χ0n) is 9.85. The molecule has 0 aliphatic heterocycles. The van der Waals surface area contributed by atoms with E-state index in [1.54, 1.807) is 0 Å². The average molecular weight is 242 g/mol. The van der Waals surface area contributed by atoms with E-state index in [-0.39, 0.29) is 0 Å². The molecule has 0 fully saturated rings. The Morgan fingerprint density at radius 2 is 1.78 bits per heavy atom. The molecule has 0 radical (unpaired) electrons. The van der Waals surface area contributed by atoms with Crippen molar-refractivity contribution in [3.63, 3.8) is 0 Å². The fourth-order valence-corrected chi connectivity index (χ4v) is 1.80. The summed E-state index contributed by atoms with van der Waals surface area (Å²) in [5.41, 5.74) is 5.95. The number of carbonyl (C=O) groups excluding carboxylic acids is 2. The second-order valence-electron chi connectivity index (χ2n) is 4.05. The Labute approximate surface area is 105 Å². The molecule has 0 unspecified atom stereocenters. The van der Waals surface area contributed by atoms with Gasteiger partial charge >= 0.3 is 11.8 Å². The Morgan fingerprint density at radius 1 is 1.06 bits per heavy atom. The molecule has 18 heavy (non-hydrogen) atoms. The molecule has 2 aromatic rings. The Morgan fingerprint density at radius 3 is 2.50 bits per heavy atom. The fourth-order valence-electron chi connectivity index (χ4n) is 1.80. The summed E-state index contributed by atoms with van der Waals surface area (Å²) >= 11 is 0. The number of primary amides is 1. The predicted molar refractivity (Wildman–Crippen MR) is 69.9 cm³/mol. The van der Waals surface area contributed by atoms with E-state index in [4.69, 9.17) is 5.73 Å². The number of rotatable bonds is 3. The molecule has 4 heteroatoms. The lowest BCUT2D eigenvalue weighted by molar-refractivity contribution is -0.137. The van der Waals surface area contributed by atoms with Crippen LogP contribution in [0.25, 0.3) is 10.8 Å². The third kappa shape index (κ3) is 2.85. The highest BCUT2D eigenvalue weighted by atomic mass is 16.2. The van der Waals surface area contributed by atoms with Crippen molar-refractivity contribution < 1.29 is 9.59 Å². The molecular formula is C14H14N2O2. The average Bonchev–Trinajstić information content (AvgIpc) is 2.38. The Bertz CT molecular complexity index is 593. The second kappa shape index (κ2) is 5.31. The van der Waals surface area contributed by atoms with Crippen LogP contribution in [0.1, 0.15) is 5.56 Å². The van der Waals surface area contributed by atoms with Gasteiger partial charge < -0.3 is 11.1 Å². The van der Waals surface area contributed by atoms with Gasteiger partial charge in [0.05, 0.1) is 0 Å². The van der Waals surface area contributed by atoms with E-state index >= 15 is 0 Å². The number of benzene rings is 2. The Balaban J connectivity index is 2.00. The smallest absolute Gasteiger partial charge is 0.309 e. The van der Waals surface area contributed by atoms with E-state index < -0.39 is 11.8 Å². The molecule has 0 aromatic heterocycles. The standard InChI is InChI=1S/C14H14N2O2/c15-13(17)14(18)16-8-7-10-5-6-11-3-1-2-4-12(11)9-10/h1-6,9H,7-8H2,(H2,15,17)(H,16,18). The van der Waals surface area contributed by atoms with Crippen molar-refractivity contribution in [1.29, 1.82) is 0 Å². The minimum absolute atomic E-state index is 0.403. The van der Waals surface area contributed by atoms with Crippen LogP contribution < -0.4 is 11.1 Å². The maximum absolute atomic E-state index is 11.0. The van der Waals surface area contributed by atoms with Crippen molar-refractivity contribution in [2.75, 3.05) is 6.54 Å². The number of fused-ring (bicyclic) bond motifs is 1. The highest BCUT2D eigenvalue weighted by Gasteiger charge is 2.06. The molecule has 0 heterocycles. The van der Waals surface area contributed by atoms with Gasteiger partial charge in [0.15, 0.2) is 0 Å². The summed E-state index contributed by atoms with van der Waals surface area (Å²) < 4.78 is 0. The maximum atomic E-state index is 11.0. The van der Waals surface area contributed by atoms with Crippen LogP contribution in [0.4, 0.5) is 0 Å². The number of carbonyl (C=O) groups is 2. The van der Waals surface area contributed by atoms with Crippen LogP contribution in [0.2, 0.25) is 0 Å². The summed E-state index contributed by atoms with van der Waals surface area (Å²) in [6, 6.07) is 14.2. The molecule has 0 saturated heterocycles. The molecule has 3 N–H and O–H groups in total. The minimum atomic E-state index is -0.950. The van der Waals surface area contributed by atoms with Gasteiger partial charge in [-0.3, -0.25) is 9.59 Å². The zero-order valence-corrected chi connectivity index (χ0v) is 9.85. The van der Waals surface area contributed by atoms with Gasteiger partial charge in [0.25, 0.3) is 0 Å². The second-order valence-corrected chi connectivity index (χ2v) is 4.05. The summed E-state index contributed by atoms with van der Waals surface area (Å²) in [6.45, 7) is 0.403. The van der Waals surface area contributed by atoms with Crippen molar-refractivity contribution in [3.05, 3.63) is 48.0 Å². The topological polar surface area (TPSA) is 72.2 Å². The lowest BCUT2D eigenvalue weighted by atomic mass is 10.1. The van der Waals surface area contributed by atoms with E-state index in [0.717, 1.165) is 10.9 Å². The van der Waals surface area contributed by atoms with Crippen LogP contribution in [0, 0.1) is 0 Å². The lowest BCUT2D eigenvalue weighted by Crippen LogP contribution is -2.37. The van der Waals surface area contributed by atoms with E-state index in [0.29, 0.717) is 13.0 Å². The molecule has 4 nitrogen and oxygen atoms in total. The minimum Gasteiger partial charge on any atom is -0.361 e. The Kier molecular flexibility index (Phi) is 3.57. The van der Waals surface area contributed by atoms with Crippen LogP contribution >= 0.6 is 0 Å². The summed E-state index contributed by atoms with van der Waals surface area (Å²) in [5, 5.41) is 4.81. The van der Waals surface area contributed by atoms with Crippen LogP contribution in [-0.4, -0.2) is 18.4 Å². The predicted octanol–water partition coefficient (Wildman–Crippen LogP) is 0.984. The fraction of sp³-hybridized carbons (Fsp3) is 0.143. The number of hydrogen-bond acceptors (Lipinski definition) is 2. The van der Waals surface area contributed by atoms with Gasteiger partial charge in [-0.25, -0.2) is 0 Å². The number of hydrogen-bond donors (Lipinski definition) is 2. The lowest BCUT2D eigenvalue weighted by Gasteiger charge is -2.04. The molecule has 92 valence electrons. The quantitative estimate of drug-likeness (QED) is 0.788. The summed E-state index contributed by atoms with van der Waals surface area (Å²) in [4.78, 5) is 21.5. The van der Waals surface area contributed by atoms with Gasteiger partial charge in [-0.05, 0) is 22.8 Å². The molecule has 2 amide bonds. The van der Waals surface area contributed by atoms with Crippen LogP contribution in [-0.2, 0) is 16.0 Å². The normalized spacial score (nSPS) is 10.2. The molecule has 0 spiro atoms. The molecule has 0 saturated carbocycles. The summed E-state index contributed by atoms with van der Waals surface area (Å²) in [6.07, 6.45) is 0.670. The van der Waals surface area contributed by atoms with Gasteiger partial charge in [0, 0.05) is 6.54 Å². The van der Waals surface area contributed by atoms with E-state index in [1.165, 1.54) is 5.39 Å². The van der Waals surface area contributed by atoms with Crippen molar-refractivity contribution in [3.8, 4) is 0 Å². The van der Waals surface area contributed by atoms with Crippen molar-refractivity contribution in [2.45, 2.75) is 6.42 Å². The van der Waals surface area contributed by atoms with E-state index in [9.17, 15) is 9.59 Å². The van der Waals surface area contributed by atoms with Crippen molar-refractivity contribution in [2.24, 2.45) is 5.73 Å². The van der Waals surface area contributed by atoms with Gasteiger partial charge in [0.1, 0.15) is 0 Å². The first-order chi connectivity index (χ1) is 8.66. The summed E-state index contributed by atoms with van der Waals surface area (Å²) in [7, 11) is 0. The third-order valence-corrected chi connectivity index (χ3v) is 2.74. The molecular weight excluding hydrogens is 228 g/mol. The molecule has 2 rings (SSSR count). The van der Waals surface area contributed by atoms with E-state index in [2.05, 4.69) is 11.4 Å². The van der Waals surface area contributed by atoms with Gasteiger partial charge in [-0.2, -0.15) is 0 Å². The van der Waals surface area contributed by atoms with Crippen LogP contribution in [0.15, 0.2) is 42.5 Å². The first-order valence-electron chi connectivity index (χ1n) is 5.72. The molecule has 0 atom stereocenters. The summed E-state index contributed by atoms with van der Waals surface area (Å²) in [5.74, 6) is -1.69. The number of nitrogens with one attached hydrogen (secondary N) is 1. The van der Waals surface area contributed by atoms with E-state index in [1.807, 2.05) is 36.4 Å². The van der Waals surface area contributed by atoms with Gasteiger partial charge in [-0.1, -0.05) is 42.5 Å². The number of nitrogens with two attached hydrogens (primary N) is 1. The van der Waals surface area contributed by atoms with Crippen LogP contribution in [0.3, 0.4) is 0 Å². The molecule has 0 bridgehead atoms. The monoisotopic (exact) mass is 242 g/mol. The first-order valence-corrected chi connectivity index (χ1v) is 5.72. The molecule has 2 aromatic carbocycles. The SMILES string of the molecule is NC(=O)C(=O)NCCc1ccc2ccccc2c1. The Hall–Kier alpha value is -2.36.